The van der Waals surface area contributed by atoms with E-state index in [9.17, 15) is 77.0 Å². The number of nitrogens with two attached hydrogens (primary N) is 2. The number of aryl methyl sites for hydroxylation is 1. The number of phosphoric acid groups is 3. The lowest BCUT2D eigenvalue weighted by atomic mass is 9.99. The highest BCUT2D eigenvalue weighted by Gasteiger charge is 2.54. The summed E-state index contributed by atoms with van der Waals surface area (Å²) in [6.07, 6.45) is -14.8. The number of hydrogen-bond donors (Lipinski definition) is 12. The average molecular weight is 1270 g/mol. The fraction of sp³-hybridized carbons (Fsp3) is 0.615. The molecule has 4 aliphatic rings. The van der Waals surface area contributed by atoms with E-state index >= 15 is 0 Å². The summed E-state index contributed by atoms with van der Waals surface area (Å²) in [7, 11) is -24.0. The number of aliphatic hydroxyl groups excluding tert-OH is 3. The topological polar surface area (TPSA) is 540 Å². The Morgan fingerprint density at radius 3 is 2.02 bits per heavy atom. The molecule has 4 aromatic heterocycles. The zero-order valence-corrected chi connectivity index (χ0v) is 47.8. The number of imidazole rings is 2. The number of nitrogens with one attached hydrogen (secondary N) is 2. The molecule has 14 N–H and O–H groups in total. The predicted octanol–water partition coefficient (Wildman–Crippen LogP) is -2.04. The molecule has 0 radical (unpaired) electrons. The minimum absolute atomic E-state index is 0.0122. The van der Waals surface area contributed by atoms with Gasteiger partial charge >= 0.3 is 50.0 Å². The fourth-order valence-corrected chi connectivity index (χ4v) is 16.6. The van der Waals surface area contributed by atoms with E-state index in [-0.39, 0.29) is 40.9 Å². The largest absolute Gasteiger partial charge is 0.479 e. The summed E-state index contributed by atoms with van der Waals surface area (Å²) in [4.78, 5) is 107. The molecular weight excluding hydrogens is 1210 g/mol. The number of hydrogen-bond acceptors (Lipinski definition) is 27. The fourth-order valence-electron chi connectivity index (χ4n) is 9.31. The standard InChI is InChI=1S/C39H58N11O27P5/c1-5-18-6-8-42-32-25(24(18)40)43-16-49(32)37-31(68-4)30(75-80(61,62)69-14-21-28(53)29(54)36(73-21)48-9-7-23(51)44-39(48)56)22(74-37)15-71-82(65,66)77-79(59,60)11-10-78(57,58)76-81(63,64)70-13-20-19(12-67-3)27(52)35(72-20)50-17-47(2)26-33(50)45-38(41)46-34(26)55/h7-9,16-17,19-22,27-31,35-37,52-54H,5-6,10-15,40H2,1-4H3,(H8-,41,44,45,46,51,55,56,57,58,59,60,61,62,63,64,65,66)/p+1/t19-,20-,21-,22-,27-,28-,29-,30-,31-,35-,36-,37-/m1/s1. The van der Waals surface area contributed by atoms with Crippen molar-refractivity contribution < 1.29 is 118 Å². The minimum atomic E-state index is -5.83. The Hall–Kier alpha value is -4.36. The Bertz CT molecular complexity index is 3520. The van der Waals surface area contributed by atoms with Crippen LogP contribution in [0.5, 0.6) is 0 Å². The molecule has 3 saturated heterocycles. The Morgan fingerprint density at radius 2 is 1.40 bits per heavy atom. The van der Waals surface area contributed by atoms with Crippen LogP contribution in [-0.4, -0.2) is 181 Å². The molecule has 38 nitrogen and oxygen atoms in total. The molecule has 43 heteroatoms. The first-order valence-electron chi connectivity index (χ1n) is 24.2. The number of allylic oxidation sites excluding steroid dienone is 1. The molecule has 0 aromatic carbocycles. The third kappa shape index (κ3) is 14.1. The number of fused-ring (bicyclic) bond motifs is 2. The number of aliphatic hydroxyl groups is 3. The van der Waals surface area contributed by atoms with Gasteiger partial charge < -0.3 is 74.9 Å². The second-order valence-corrected chi connectivity index (χ2v) is 27.3. The maximum atomic E-state index is 13.7. The van der Waals surface area contributed by atoms with Crippen LogP contribution < -0.4 is 32.8 Å². The Kier molecular flexibility index (Phi) is 19.3. The lowest BCUT2D eigenvalue weighted by Gasteiger charge is -2.26. The van der Waals surface area contributed by atoms with E-state index in [1.807, 2.05) is 11.9 Å². The van der Waals surface area contributed by atoms with Crippen molar-refractivity contribution in [1.82, 2.24) is 33.6 Å². The maximum Gasteiger partial charge on any atom is 0.479 e. The summed E-state index contributed by atoms with van der Waals surface area (Å²) in [6, 6.07) is 0.927. The molecule has 0 amide bonds. The number of anilines is 1. The van der Waals surface area contributed by atoms with Crippen LogP contribution in [-0.2, 0) is 80.3 Å². The maximum absolute atomic E-state index is 13.7. The van der Waals surface area contributed by atoms with Crippen molar-refractivity contribution in [3.8, 4) is 0 Å². The van der Waals surface area contributed by atoms with Crippen LogP contribution in [0.3, 0.4) is 0 Å². The van der Waals surface area contributed by atoms with Crippen molar-refractivity contribution >= 4 is 73.5 Å². The van der Waals surface area contributed by atoms with Gasteiger partial charge in [-0.2, -0.15) is 0 Å². The van der Waals surface area contributed by atoms with Gasteiger partial charge in [-0.15, -0.1) is 0 Å². The number of nitrogen functional groups attached to an aromatic ring is 1. The van der Waals surface area contributed by atoms with Crippen LogP contribution in [0.15, 0.2) is 49.9 Å². The van der Waals surface area contributed by atoms with E-state index < -0.39 is 161 Å². The Balaban J connectivity index is 0.917. The summed E-state index contributed by atoms with van der Waals surface area (Å²) >= 11 is 0. The zero-order valence-electron chi connectivity index (χ0n) is 43.3. The average Bonchev–Trinajstić information content (AvgIpc) is 2.82. The van der Waals surface area contributed by atoms with Crippen LogP contribution in [0, 0.1) is 5.92 Å². The molecule has 82 heavy (non-hydrogen) atoms. The van der Waals surface area contributed by atoms with Gasteiger partial charge in [0.05, 0.1) is 63.9 Å². The molecule has 3 fully saturated rings. The first-order chi connectivity index (χ1) is 38.4. The molecule has 456 valence electrons. The molecule has 8 heterocycles. The number of nitrogens with zero attached hydrogens (tertiary/aromatic N) is 7. The molecular formula is C39H59N11O27P5+. The van der Waals surface area contributed by atoms with E-state index in [1.54, 1.807) is 0 Å². The number of aliphatic imine (C=N–C) groups is 1. The number of aromatic nitrogens is 8. The Morgan fingerprint density at radius 1 is 0.780 bits per heavy atom. The van der Waals surface area contributed by atoms with Crippen molar-refractivity contribution in [1.29, 1.82) is 0 Å². The van der Waals surface area contributed by atoms with Crippen molar-refractivity contribution in [2.24, 2.45) is 23.7 Å². The van der Waals surface area contributed by atoms with Crippen molar-refractivity contribution in [2.45, 2.75) is 87.3 Å². The van der Waals surface area contributed by atoms with Gasteiger partial charge in [-0.25, -0.2) is 41.7 Å². The summed E-state index contributed by atoms with van der Waals surface area (Å²) in [5, 5.41) is 32.6. The molecule has 5 unspecified atom stereocenters. The third-order valence-electron chi connectivity index (χ3n) is 13.2. The summed E-state index contributed by atoms with van der Waals surface area (Å²) in [5.74, 6) is -1.18. The number of ether oxygens (including phenoxy) is 5. The molecule has 4 aromatic rings. The number of phosphoric ester groups is 3. The molecule has 17 atom stereocenters. The van der Waals surface area contributed by atoms with Crippen molar-refractivity contribution in [3.05, 3.63) is 67.4 Å². The van der Waals surface area contributed by atoms with E-state index in [0.717, 1.165) is 29.5 Å². The molecule has 0 spiro atoms. The van der Waals surface area contributed by atoms with Crippen molar-refractivity contribution in [3.63, 3.8) is 0 Å². The smallest absolute Gasteiger partial charge is 0.397 e. The molecule has 0 bridgehead atoms. The van der Waals surface area contributed by atoms with E-state index in [1.165, 1.54) is 46.7 Å². The van der Waals surface area contributed by atoms with Gasteiger partial charge in [0.1, 0.15) is 48.4 Å². The number of rotatable bonds is 25. The monoisotopic (exact) mass is 1270 g/mol. The summed E-state index contributed by atoms with van der Waals surface area (Å²) in [6.45, 7) is -1.50. The number of aromatic amines is 2. The van der Waals surface area contributed by atoms with Gasteiger partial charge in [-0.05, 0) is 12.0 Å². The van der Waals surface area contributed by atoms with Crippen LogP contribution in [0.1, 0.15) is 44.1 Å². The predicted molar refractivity (Wildman–Crippen MR) is 273 cm³/mol. The Labute approximate surface area is 460 Å². The molecule has 0 saturated carbocycles. The van der Waals surface area contributed by atoms with Gasteiger partial charge in [0, 0.05) is 45.0 Å². The van der Waals surface area contributed by atoms with Gasteiger partial charge in [-0.3, -0.25) is 60.5 Å². The van der Waals surface area contributed by atoms with E-state index in [4.69, 9.17) is 53.2 Å². The zero-order chi connectivity index (χ0) is 60.0. The van der Waals surface area contributed by atoms with Crippen molar-refractivity contribution in [2.75, 3.05) is 58.7 Å². The number of methoxy groups -OCH3 is 2. The van der Waals surface area contributed by atoms with Gasteiger partial charge in [0.15, 0.2) is 24.6 Å². The lowest BCUT2D eigenvalue weighted by molar-refractivity contribution is -0.745. The van der Waals surface area contributed by atoms with Crippen LogP contribution in [0.25, 0.3) is 16.9 Å². The highest BCUT2D eigenvalue weighted by molar-refractivity contribution is 7.66. The van der Waals surface area contributed by atoms with Gasteiger partial charge in [0.25, 0.3) is 17.1 Å². The lowest BCUT2D eigenvalue weighted by Crippen LogP contribution is -2.45. The van der Waals surface area contributed by atoms with E-state index in [0.29, 0.717) is 12.8 Å². The minimum Gasteiger partial charge on any atom is -0.397 e. The molecule has 8 rings (SSSR count). The first-order valence-corrected chi connectivity index (χ1v) is 32.2. The highest BCUT2D eigenvalue weighted by Crippen LogP contribution is 2.65. The van der Waals surface area contributed by atoms with Gasteiger partial charge in [0.2, 0.25) is 11.7 Å². The second-order valence-electron chi connectivity index (χ2n) is 18.7. The SMILES string of the molecule is CCC1=C(N)c2ncn([C@@H]3O[C@H](COP(=O)(O)OP(=O)(O)CCP(=O)(O)OP(=O)(O)OC[C@H]4O[C@@H]([n+]5cn(C)c6c(=O)[nH]c(N)nc65)[C@H](O)[C@@H]4COC)[C@@H](OP(=O)(O)OC[C@H]4O[C@@H](n5ccc(=O)[nH]c5=O)[C@H](O)[C@@H]4O)[C@H]3OC)c2N=CC1. The first kappa shape index (κ1) is 63.7. The highest BCUT2D eigenvalue weighted by atomic mass is 31.3. The van der Waals surface area contributed by atoms with Gasteiger partial charge in [-0.1, -0.05) is 11.9 Å². The van der Waals surface area contributed by atoms with Crippen LogP contribution in [0.4, 0.5) is 11.8 Å². The second kappa shape index (κ2) is 24.9. The normalized spacial score (nSPS) is 30.4. The summed E-state index contributed by atoms with van der Waals surface area (Å²) < 4.78 is 129. The molecule has 0 aliphatic carbocycles. The van der Waals surface area contributed by atoms with E-state index in [2.05, 4.69) is 28.6 Å². The van der Waals surface area contributed by atoms with Crippen LogP contribution in [0.2, 0.25) is 0 Å². The van der Waals surface area contributed by atoms with Crippen LogP contribution >= 0.6 is 38.7 Å². The quantitative estimate of drug-likeness (QED) is 0.0251. The number of H-pyrrole nitrogens is 2. The molecule has 4 aliphatic heterocycles. The summed E-state index contributed by atoms with van der Waals surface area (Å²) in [5.41, 5.74) is 11.0. The third-order valence-corrected chi connectivity index (χ3v) is 20.8.